The molecule has 220 valence electrons. The molecule has 4 rings (SSSR count). The van der Waals surface area contributed by atoms with Crippen LogP contribution in [0.3, 0.4) is 0 Å². The summed E-state index contributed by atoms with van der Waals surface area (Å²) in [4.78, 5) is 0. The van der Waals surface area contributed by atoms with Crippen molar-refractivity contribution in [2.75, 3.05) is 13.2 Å². The van der Waals surface area contributed by atoms with Crippen molar-refractivity contribution in [1.82, 2.24) is 0 Å². The van der Waals surface area contributed by atoms with Crippen molar-refractivity contribution < 1.29 is 22.6 Å². The maximum Gasteiger partial charge on any atom is 0.166 e. The molecule has 3 aromatic rings. The molecule has 0 atom stereocenters. The summed E-state index contributed by atoms with van der Waals surface area (Å²) < 4.78 is 56.6. The Labute approximate surface area is 243 Å². The fourth-order valence-electron chi connectivity index (χ4n) is 5.45. The maximum absolute atomic E-state index is 15.1. The van der Waals surface area contributed by atoms with Gasteiger partial charge in [0.2, 0.25) is 0 Å². The molecule has 0 amide bonds. The second-order valence-electron chi connectivity index (χ2n) is 11.0. The number of hydrogen-bond acceptors (Lipinski definition) is 2. The molecule has 3 aromatic carbocycles. The third-order valence-corrected chi connectivity index (χ3v) is 7.95. The van der Waals surface area contributed by atoms with E-state index < -0.39 is 11.6 Å². The smallest absolute Gasteiger partial charge is 0.166 e. The Balaban J connectivity index is 1.35. The fourth-order valence-corrected chi connectivity index (χ4v) is 5.45. The largest absolute Gasteiger partial charge is 0.352 e. The summed E-state index contributed by atoms with van der Waals surface area (Å²) >= 11 is 0. The highest BCUT2D eigenvalue weighted by atomic mass is 19.2. The van der Waals surface area contributed by atoms with Crippen LogP contribution in [0.15, 0.2) is 66.7 Å². The molecule has 0 spiro atoms. The Morgan fingerprint density at radius 3 is 2.10 bits per heavy atom. The summed E-state index contributed by atoms with van der Waals surface area (Å²) in [5.41, 5.74) is 3.36. The van der Waals surface area contributed by atoms with Gasteiger partial charge in [0.05, 0.1) is 13.2 Å². The number of rotatable bonds is 14. The Morgan fingerprint density at radius 2 is 1.41 bits per heavy atom. The number of benzene rings is 3. The number of allylic oxidation sites excluding steroid dienone is 2. The molecule has 2 nitrogen and oxygen atoms in total. The highest BCUT2D eigenvalue weighted by Crippen LogP contribution is 2.32. The first kappa shape index (κ1) is 31.1. The van der Waals surface area contributed by atoms with E-state index in [2.05, 4.69) is 13.0 Å². The van der Waals surface area contributed by atoms with E-state index >= 15 is 8.78 Å². The third-order valence-electron chi connectivity index (χ3n) is 7.95. The number of hydrogen-bond donors (Lipinski definition) is 0. The lowest BCUT2D eigenvalue weighted by Crippen LogP contribution is -2.31. The minimum absolute atomic E-state index is 0.156. The van der Waals surface area contributed by atoms with Crippen LogP contribution in [0.25, 0.3) is 22.3 Å². The average Bonchev–Trinajstić information content (AvgIpc) is 2.99. The van der Waals surface area contributed by atoms with Crippen molar-refractivity contribution in [3.05, 3.63) is 95.3 Å². The summed E-state index contributed by atoms with van der Waals surface area (Å²) in [6.45, 7) is 5.02. The van der Waals surface area contributed by atoms with Crippen LogP contribution in [0, 0.1) is 17.5 Å². The molecular formula is C36H43F3O2. The highest BCUT2D eigenvalue weighted by molar-refractivity contribution is 5.71. The predicted molar refractivity (Wildman–Crippen MR) is 161 cm³/mol. The van der Waals surface area contributed by atoms with E-state index in [1.54, 1.807) is 30.3 Å². The van der Waals surface area contributed by atoms with E-state index in [0.29, 0.717) is 36.3 Å². The summed E-state index contributed by atoms with van der Waals surface area (Å²) in [5.74, 6) is -2.03. The van der Waals surface area contributed by atoms with Gasteiger partial charge in [-0.05, 0) is 60.1 Å². The van der Waals surface area contributed by atoms with Gasteiger partial charge in [-0.25, -0.2) is 13.2 Å². The van der Waals surface area contributed by atoms with E-state index in [9.17, 15) is 4.39 Å². The zero-order valence-corrected chi connectivity index (χ0v) is 24.4. The van der Waals surface area contributed by atoms with Crippen molar-refractivity contribution >= 4 is 0 Å². The number of halogens is 3. The molecule has 0 radical (unpaired) electrons. The molecule has 0 aromatic heterocycles. The number of ether oxygens (including phenoxy) is 2. The SMILES string of the molecule is C/C=C/CCC1OCC(c2ccc(-c3ccc(-c4ccc(CCCCCCCCC)c(F)c4F)cc3)cc2F)CO1. The Bertz CT molecular complexity index is 1260. The molecule has 0 aliphatic carbocycles. The summed E-state index contributed by atoms with van der Waals surface area (Å²) in [7, 11) is 0. The molecule has 1 fully saturated rings. The second-order valence-corrected chi connectivity index (χ2v) is 11.0. The predicted octanol–water partition coefficient (Wildman–Crippen LogP) is 10.5. The van der Waals surface area contributed by atoms with Crippen molar-refractivity contribution in [2.45, 2.75) is 90.3 Å². The van der Waals surface area contributed by atoms with Crippen molar-refractivity contribution in [1.29, 1.82) is 0 Å². The standard InChI is InChI=1S/C36H43F3O2/c1-3-5-7-8-9-10-12-13-28-19-22-32(36(39)35(28)38)27-17-15-26(16-18-27)29-20-21-31(33(37)23-29)30-24-40-34(41-25-30)14-11-6-4-2/h4,6,15-23,30,34H,3,5,7-14,24-25H2,1-2H3/b6-4+. The number of unbranched alkanes of at least 4 members (excludes halogenated alkanes) is 6. The molecular weight excluding hydrogens is 521 g/mol. The first-order valence-corrected chi connectivity index (χ1v) is 15.2. The fraction of sp³-hybridized carbons (Fsp3) is 0.444. The monoisotopic (exact) mass is 564 g/mol. The molecule has 1 heterocycles. The van der Waals surface area contributed by atoms with E-state index in [0.717, 1.165) is 43.2 Å². The third kappa shape index (κ3) is 8.56. The van der Waals surface area contributed by atoms with Crippen LogP contribution < -0.4 is 0 Å². The molecule has 41 heavy (non-hydrogen) atoms. The lowest BCUT2D eigenvalue weighted by Gasteiger charge is -2.29. The highest BCUT2D eigenvalue weighted by Gasteiger charge is 2.25. The van der Waals surface area contributed by atoms with Gasteiger partial charge in [-0.3, -0.25) is 0 Å². The van der Waals surface area contributed by atoms with Gasteiger partial charge in [-0.1, -0.05) is 106 Å². The minimum Gasteiger partial charge on any atom is -0.352 e. The van der Waals surface area contributed by atoms with Crippen LogP contribution in [0.5, 0.6) is 0 Å². The van der Waals surface area contributed by atoms with E-state index in [-0.39, 0.29) is 23.6 Å². The molecule has 0 unspecified atom stereocenters. The van der Waals surface area contributed by atoms with Crippen LogP contribution in [-0.4, -0.2) is 19.5 Å². The van der Waals surface area contributed by atoms with Gasteiger partial charge in [0.15, 0.2) is 17.9 Å². The van der Waals surface area contributed by atoms with Gasteiger partial charge in [0, 0.05) is 17.9 Å². The minimum atomic E-state index is -0.811. The molecule has 1 saturated heterocycles. The van der Waals surface area contributed by atoms with Crippen LogP contribution in [0.1, 0.15) is 88.7 Å². The van der Waals surface area contributed by atoms with Gasteiger partial charge in [0.25, 0.3) is 0 Å². The first-order chi connectivity index (χ1) is 20.0. The Hall–Kier alpha value is -2.89. The Kier molecular flexibility index (Phi) is 12.1. The van der Waals surface area contributed by atoms with E-state index in [1.165, 1.54) is 31.7 Å². The Morgan fingerprint density at radius 1 is 0.756 bits per heavy atom. The van der Waals surface area contributed by atoms with Crippen molar-refractivity contribution in [3.63, 3.8) is 0 Å². The maximum atomic E-state index is 15.1. The van der Waals surface area contributed by atoms with Crippen molar-refractivity contribution in [2.24, 2.45) is 0 Å². The normalized spacial score (nSPS) is 17.4. The second kappa shape index (κ2) is 15.9. The van der Waals surface area contributed by atoms with E-state index in [1.807, 2.05) is 31.2 Å². The molecule has 0 bridgehead atoms. The number of aryl methyl sites for hydroxylation is 1. The van der Waals surface area contributed by atoms with Gasteiger partial charge in [-0.15, -0.1) is 0 Å². The van der Waals surface area contributed by atoms with Crippen LogP contribution in [0.4, 0.5) is 13.2 Å². The van der Waals surface area contributed by atoms with Crippen LogP contribution in [0.2, 0.25) is 0 Å². The zero-order chi connectivity index (χ0) is 29.0. The van der Waals surface area contributed by atoms with Crippen LogP contribution >= 0.6 is 0 Å². The van der Waals surface area contributed by atoms with E-state index in [4.69, 9.17) is 9.47 Å². The van der Waals surface area contributed by atoms with Gasteiger partial charge < -0.3 is 9.47 Å². The van der Waals surface area contributed by atoms with Gasteiger partial charge in [-0.2, -0.15) is 0 Å². The first-order valence-electron chi connectivity index (χ1n) is 15.2. The summed E-state index contributed by atoms with van der Waals surface area (Å²) in [6.07, 6.45) is 14.0. The van der Waals surface area contributed by atoms with Crippen molar-refractivity contribution in [3.8, 4) is 22.3 Å². The zero-order valence-electron chi connectivity index (χ0n) is 24.4. The lowest BCUT2D eigenvalue weighted by molar-refractivity contribution is -0.189. The average molecular weight is 565 g/mol. The topological polar surface area (TPSA) is 18.5 Å². The van der Waals surface area contributed by atoms with Gasteiger partial charge >= 0.3 is 0 Å². The molecule has 0 saturated carbocycles. The molecule has 0 N–H and O–H groups in total. The lowest BCUT2D eigenvalue weighted by atomic mass is 9.94. The summed E-state index contributed by atoms with van der Waals surface area (Å²) in [6, 6.07) is 15.7. The molecule has 1 aliphatic heterocycles. The molecule has 5 heteroatoms. The summed E-state index contributed by atoms with van der Waals surface area (Å²) in [5, 5.41) is 0. The quantitative estimate of drug-likeness (QED) is 0.143. The molecule has 1 aliphatic rings. The van der Waals surface area contributed by atoms with Gasteiger partial charge in [0.1, 0.15) is 5.82 Å². The van der Waals surface area contributed by atoms with Crippen LogP contribution in [-0.2, 0) is 15.9 Å².